The van der Waals surface area contributed by atoms with Crippen molar-refractivity contribution in [1.29, 1.82) is 5.26 Å². The minimum atomic E-state index is -0.368. The second kappa shape index (κ2) is 8.37. The minimum Gasteiger partial charge on any atom is -0.446 e. The third-order valence-electron chi connectivity index (χ3n) is 4.14. The lowest BCUT2D eigenvalue weighted by atomic mass is 9.94. The summed E-state index contributed by atoms with van der Waals surface area (Å²) in [6.45, 7) is 0. The fourth-order valence-electron chi connectivity index (χ4n) is 2.81. The summed E-state index contributed by atoms with van der Waals surface area (Å²) in [7, 11) is 3.29. The Morgan fingerprint density at radius 2 is 2.26 bits per heavy atom. The number of rotatable bonds is 4. The molecule has 0 saturated heterocycles. The molecule has 2 aromatic heterocycles. The monoisotopic (exact) mass is 401 g/mol. The number of nitriles is 1. The highest BCUT2D eigenvalue weighted by Gasteiger charge is 2.28. The standard InChI is InChI=1S/C19H19N3O3S2/c1-22(2)19(24)25-12-5-7-14-15(11-20)18(27-16(14)10-12)21-17(23)8-6-13-4-3-9-26-13/h3-4,6,8-9,12H,5,7,10H2,1-2H3,(H,21,23). The van der Waals surface area contributed by atoms with Gasteiger partial charge in [-0.15, -0.1) is 22.7 Å². The molecule has 0 fully saturated rings. The molecule has 1 N–H and O–H groups in total. The molecule has 0 spiro atoms. The molecule has 140 valence electrons. The molecule has 0 bridgehead atoms. The Morgan fingerprint density at radius 3 is 2.93 bits per heavy atom. The number of nitrogens with one attached hydrogen (secondary N) is 1. The van der Waals surface area contributed by atoms with E-state index >= 15 is 0 Å². The summed E-state index contributed by atoms with van der Waals surface area (Å²) in [5.74, 6) is -0.269. The second-order valence-electron chi connectivity index (χ2n) is 6.30. The molecule has 1 aliphatic rings. The SMILES string of the molecule is CN(C)C(=O)OC1CCc2c(sc(NC(=O)C=Cc3cccs3)c2C#N)C1. The summed E-state index contributed by atoms with van der Waals surface area (Å²) in [6, 6.07) is 6.05. The first-order valence-corrected chi connectivity index (χ1v) is 10.1. The summed E-state index contributed by atoms with van der Waals surface area (Å²) >= 11 is 2.93. The molecule has 6 nitrogen and oxygen atoms in total. The van der Waals surface area contributed by atoms with E-state index in [2.05, 4.69) is 11.4 Å². The average molecular weight is 402 g/mol. The topological polar surface area (TPSA) is 82.4 Å². The molecule has 2 heterocycles. The Labute approximate surface area is 165 Å². The van der Waals surface area contributed by atoms with Crippen molar-refractivity contribution in [2.24, 2.45) is 0 Å². The van der Waals surface area contributed by atoms with Gasteiger partial charge < -0.3 is 15.0 Å². The highest BCUT2D eigenvalue weighted by atomic mass is 32.1. The fourth-order valence-corrected chi connectivity index (χ4v) is 4.69. The van der Waals surface area contributed by atoms with Crippen molar-refractivity contribution in [2.45, 2.75) is 25.4 Å². The van der Waals surface area contributed by atoms with Gasteiger partial charge in [0.25, 0.3) is 0 Å². The molecule has 3 rings (SSSR count). The molecule has 0 saturated carbocycles. The number of carbonyl (C=O) groups excluding carboxylic acids is 2. The first-order valence-electron chi connectivity index (χ1n) is 8.43. The molecular weight excluding hydrogens is 382 g/mol. The van der Waals surface area contributed by atoms with Gasteiger partial charge in [-0.3, -0.25) is 4.79 Å². The van der Waals surface area contributed by atoms with E-state index in [0.717, 1.165) is 15.3 Å². The van der Waals surface area contributed by atoms with E-state index in [-0.39, 0.29) is 18.1 Å². The first kappa shape index (κ1) is 19.1. The van der Waals surface area contributed by atoms with Crippen LogP contribution in [0.5, 0.6) is 0 Å². The van der Waals surface area contributed by atoms with E-state index in [1.54, 1.807) is 31.5 Å². The zero-order valence-electron chi connectivity index (χ0n) is 15.0. The quantitative estimate of drug-likeness (QED) is 0.788. The van der Waals surface area contributed by atoms with Crippen LogP contribution in [0.15, 0.2) is 23.6 Å². The number of fused-ring (bicyclic) bond motifs is 1. The maximum atomic E-state index is 12.2. The van der Waals surface area contributed by atoms with E-state index in [0.29, 0.717) is 29.8 Å². The molecule has 1 unspecified atom stereocenters. The van der Waals surface area contributed by atoms with E-state index in [9.17, 15) is 14.9 Å². The van der Waals surface area contributed by atoms with Gasteiger partial charge in [0.1, 0.15) is 17.2 Å². The van der Waals surface area contributed by atoms with Crippen LogP contribution in [0.2, 0.25) is 0 Å². The van der Waals surface area contributed by atoms with Crippen LogP contribution in [0.3, 0.4) is 0 Å². The lowest BCUT2D eigenvalue weighted by Crippen LogP contribution is -2.31. The van der Waals surface area contributed by atoms with Gasteiger partial charge in [-0.1, -0.05) is 6.07 Å². The van der Waals surface area contributed by atoms with Gasteiger partial charge in [0, 0.05) is 36.3 Å². The second-order valence-corrected chi connectivity index (χ2v) is 8.39. The molecule has 2 aromatic rings. The number of ether oxygens (including phenoxy) is 1. The number of nitrogens with zero attached hydrogens (tertiary/aromatic N) is 2. The van der Waals surface area contributed by atoms with Crippen LogP contribution in [0.1, 0.15) is 27.3 Å². The van der Waals surface area contributed by atoms with E-state index in [1.165, 1.54) is 22.3 Å². The van der Waals surface area contributed by atoms with E-state index < -0.39 is 0 Å². The number of amides is 2. The van der Waals surface area contributed by atoms with Crippen LogP contribution in [0, 0.1) is 11.3 Å². The maximum Gasteiger partial charge on any atom is 0.409 e. The highest BCUT2D eigenvalue weighted by Crippen LogP contribution is 2.38. The predicted molar refractivity (Wildman–Crippen MR) is 107 cm³/mol. The number of hydrogen-bond acceptors (Lipinski definition) is 6. The van der Waals surface area contributed by atoms with Crippen LogP contribution in [-0.2, 0) is 22.4 Å². The van der Waals surface area contributed by atoms with Gasteiger partial charge in [0.05, 0.1) is 5.56 Å². The van der Waals surface area contributed by atoms with Crippen molar-refractivity contribution in [2.75, 3.05) is 19.4 Å². The smallest absolute Gasteiger partial charge is 0.409 e. The van der Waals surface area contributed by atoms with Crippen molar-refractivity contribution < 1.29 is 14.3 Å². The highest BCUT2D eigenvalue weighted by molar-refractivity contribution is 7.16. The summed E-state index contributed by atoms with van der Waals surface area (Å²) in [4.78, 5) is 27.3. The minimum absolute atomic E-state index is 0.208. The number of hydrogen-bond donors (Lipinski definition) is 1. The third kappa shape index (κ3) is 4.56. The first-order chi connectivity index (χ1) is 13.0. The Bertz CT molecular complexity index is 908. The molecular formula is C19H19N3O3S2. The third-order valence-corrected chi connectivity index (χ3v) is 6.15. The summed E-state index contributed by atoms with van der Waals surface area (Å²) in [5, 5.41) is 14.9. The average Bonchev–Trinajstić information content (AvgIpc) is 3.26. The summed E-state index contributed by atoms with van der Waals surface area (Å²) in [6.07, 6.45) is 4.52. The molecule has 0 aliphatic heterocycles. The lowest BCUT2D eigenvalue weighted by molar-refractivity contribution is -0.111. The molecule has 2 amide bonds. The summed E-state index contributed by atoms with van der Waals surface area (Å²) in [5.41, 5.74) is 1.47. The Hall–Kier alpha value is -2.63. The van der Waals surface area contributed by atoms with Crippen molar-refractivity contribution in [3.8, 4) is 6.07 Å². The van der Waals surface area contributed by atoms with Gasteiger partial charge >= 0.3 is 6.09 Å². The largest absolute Gasteiger partial charge is 0.446 e. The molecule has 8 heteroatoms. The van der Waals surface area contributed by atoms with Gasteiger partial charge in [0.15, 0.2) is 0 Å². The van der Waals surface area contributed by atoms with Crippen LogP contribution < -0.4 is 5.32 Å². The predicted octanol–water partition coefficient (Wildman–Crippen LogP) is 3.89. The van der Waals surface area contributed by atoms with Gasteiger partial charge in [0.2, 0.25) is 5.91 Å². The van der Waals surface area contributed by atoms with E-state index in [1.807, 2.05) is 17.5 Å². The zero-order chi connectivity index (χ0) is 19.4. The Kier molecular flexibility index (Phi) is 5.94. The molecule has 0 radical (unpaired) electrons. The normalized spacial score (nSPS) is 15.8. The Morgan fingerprint density at radius 1 is 1.44 bits per heavy atom. The van der Waals surface area contributed by atoms with Crippen molar-refractivity contribution >= 4 is 45.8 Å². The molecule has 0 aromatic carbocycles. The van der Waals surface area contributed by atoms with Gasteiger partial charge in [-0.25, -0.2) is 4.79 Å². The zero-order valence-corrected chi connectivity index (χ0v) is 16.7. The van der Waals surface area contributed by atoms with Gasteiger partial charge in [-0.2, -0.15) is 5.26 Å². The van der Waals surface area contributed by atoms with E-state index in [4.69, 9.17) is 4.74 Å². The maximum absolute atomic E-state index is 12.2. The Balaban J connectivity index is 1.71. The molecule has 1 aliphatic carbocycles. The number of carbonyl (C=O) groups is 2. The van der Waals surface area contributed by atoms with Gasteiger partial charge in [-0.05, 0) is 35.9 Å². The van der Waals surface area contributed by atoms with Crippen LogP contribution >= 0.6 is 22.7 Å². The van der Waals surface area contributed by atoms with Crippen molar-refractivity contribution in [3.63, 3.8) is 0 Å². The van der Waals surface area contributed by atoms with Crippen LogP contribution in [0.25, 0.3) is 6.08 Å². The number of anilines is 1. The summed E-state index contributed by atoms with van der Waals surface area (Å²) < 4.78 is 5.47. The lowest BCUT2D eigenvalue weighted by Gasteiger charge is -2.24. The van der Waals surface area contributed by atoms with Crippen molar-refractivity contribution in [3.05, 3.63) is 44.5 Å². The fraction of sp³-hybridized carbons (Fsp3) is 0.316. The van der Waals surface area contributed by atoms with Crippen LogP contribution in [0.4, 0.5) is 9.80 Å². The molecule has 27 heavy (non-hydrogen) atoms. The number of thiophene rings is 2. The molecule has 1 atom stereocenters. The van der Waals surface area contributed by atoms with Crippen LogP contribution in [-0.4, -0.2) is 37.1 Å². The van der Waals surface area contributed by atoms with Crippen molar-refractivity contribution in [1.82, 2.24) is 4.90 Å².